The van der Waals surface area contributed by atoms with Crippen LogP contribution in [-0.4, -0.2) is 0 Å². The highest BCUT2D eigenvalue weighted by Crippen LogP contribution is 2.50. The van der Waals surface area contributed by atoms with Crippen LogP contribution in [-0.2, 0) is 0 Å². The van der Waals surface area contributed by atoms with E-state index in [0.29, 0.717) is 0 Å². The molecule has 0 amide bonds. The van der Waals surface area contributed by atoms with Crippen molar-refractivity contribution in [3.63, 3.8) is 0 Å². The fraction of sp³-hybridized carbons (Fsp3) is 0.0556. The Morgan fingerprint density at radius 1 is 0.280 bits per heavy atom. The Morgan fingerprint density at radius 3 is 1.04 bits per heavy atom. The first kappa shape index (κ1) is 45.4. The van der Waals surface area contributed by atoms with Gasteiger partial charge in [-0.25, -0.2) is 0 Å². The SMILES string of the molecule is Cc1ccc(-c2ccccc2)c(N(c2ccc3cc4c(cc3c2)oc2cc3cc(N(c5cc(C)ccc5-c5ccccc5)c5c(C)cccc5-c5ccccc5)ccc3cc24)c2c(C)cccc2-c2ccccc2)c1. The molecule has 3 nitrogen and oxygen atoms in total. The molecule has 0 bridgehead atoms. The number of hydrogen-bond acceptors (Lipinski definition) is 3. The quantitative estimate of drug-likeness (QED) is 0.136. The molecule has 0 saturated heterocycles. The lowest BCUT2D eigenvalue weighted by atomic mass is 9.95. The zero-order chi connectivity index (χ0) is 50.6. The number of aryl methyl sites for hydroxylation is 4. The summed E-state index contributed by atoms with van der Waals surface area (Å²) < 4.78 is 6.96. The Labute approximate surface area is 438 Å². The number of nitrogens with zero attached hydrogens (tertiary/aromatic N) is 2. The van der Waals surface area contributed by atoms with E-state index in [0.717, 1.165) is 77.6 Å². The van der Waals surface area contributed by atoms with Gasteiger partial charge in [0, 0.05) is 44.4 Å². The molecule has 13 aromatic rings. The second-order valence-electron chi connectivity index (χ2n) is 20.0. The van der Waals surface area contributed by atoms with Crippen molar-refractivity contribution in [2.75, 3.05) is 9.80 Å². The third-order valence-electron chi connectivity index (χ3n) is 14.9. The lowest BCUT2D eigenvalue weighted by Crippen LogP contribution is -2.14. The molecule has 1 aromatic heterocycles. The lowest BCUT2D eigenvalue weighted by Gasteiger charge is -2.32. The van der Waals surface area contributed by atoms with Gasteiger partial charge in [-0.05, 0) is 154 Å². The van der Waals surface area contributed by atoms with Crippen molar-refractivity contribution in [1.82, 2.24) is 0 Å². The van der Waals surface area contributed by atoms with E-state index >= 15 is 0 Å². The van der Waals surface area contributed by atoms with Crippen LogP contribution < -0.4 is 9.80 Å². The number of para-hydroxylation sites is 2. The van der Waals surface area contributed by atoms with Gasteiger partial charge >= 0.3 is 0 Å². The van der Waals surface area contributed by atoms with Gasteiger partial charge in [-0.1, -0.05) is 194 Å². The van der Waals surface area contributed by atoms with Crippen LogP contribution in [0.2, 0.25) is 0 Å². The molecule has 0 unspecified atom stereocenters. The number of hydrogen-bond donors (Lipinski definition) is 0. The molecule has 3 heteroatoms. The van der Waals surface area contributed by atoms with E-state index < -0.39 is 0 Å². The number of fused-ring (bicyclic) bond motifs is 5. The van der Waals surface area contributed by atoms with Crippen LogP contribution in [0.3, 0.4) is 0 Å². The molecule has 12 aromatic carbocycles. The third-order valence-corrected chi connectivity index (χ3v) is 14.9. The van der Waals surface area contributed by atoms with Crippen molar-refractivity contribution in [2.24, 2.45) is 0 Å². The molecule has 0 aliphatic rings. The molecular weight excluding hydrogens is 909 g/mol. The van der Waals surface area contributed by atoms with Crippen molar-refractivity contribution in [3.8, 4) is 44.5 Å². The van der Waals surface area contributed by atoms with E-state index in [-0.39, 0.29) is 0 Å². The van der Waals surface area contributed by atoms with Gasteiger partial charge in [0.1, 0.15) is 11.2 Å². The van der Waals surface area contributed by atoms with Crippen LogP contribution >= 0.6 is 0 Å². The highest BCUT2D eigenvalue weighted by molar-refractivity contribution is 6.14. The summed E-state index contributed by atoms with van der Waals surface area (Å²) in [7, 11) is 0. The summed E-state index contributed by atoms with van der Waals surface area (Å²) in [6, 6.07) is 92.8. The average Bonchev–Trinajstić information content (AvgIpc) is 3.80. The maximum atomic E-state index is 6.96. The summed E-state index contributed by atoms with van der Waals surface area (Å²) in [5.74, 6) is 0. The molecule has 13 rings (SSSR count). The standard InChI is InChI=1S/C72H54N2O/c1-47-31-37-61(51-21-9-5-10-22-51)67(39-47)73(71-49(3)19-17-29-63(71)53-25-13-7-14-26-53)59-35-33-55-43-65-66-44-56-34-36-60(42-58(56)46-70(66)75-69(65)45-57(55)41-59)74(68-40-48(2)32-38-62(68)52-23-11-6-12-24-52)72-50(4)20-18-30-64(72)54-27-15-8-16-28-54/h5-46H,1-4H3. The molecule has 75 heavy (non-hydrogen) atoms. The van der Waals surface area contributed by atoms with Crippen molar-refractivity contribution in [3.05, 3.63) is 277 Å². The lowest BCUT2D eigenvalue weighted by molar-refractivity contribution is 0.670. The van der Waals surface area contributed by atoms with Crippen LogP contribution in [0.4, 0.5) is 34.1 Å². The van der Waals surface area contributed by atoms with E-state index in [1.807, 2.05) is 0 Å². The Hall–Kier alpha value is -9.44. The largest absolute Gasteiger partial charge is 0.456 e. The third kappa shape index (κ3) is 8.29. The van der Waals surface area contributed by atoms with Crippen LogP contribution in [0.1, 0.15) is 22.3 Å². The predicted molar refractivity (Wildman–Crippen MR) is 319 cm³/mol. The van der Waals surface area contributed by atoms with Gasteiger partial charge in [0.15, 0.2) is 0 Å². The van der Waals surface area contributed by atoms with Gasteiger partial charge in [-0.15, -0.1) is 0 Å². The average molecular weight is 963 g/mol. The van der Waals surface area contributed by atoms with Gasteiger partial charge in [-0.2, -0.15) is 0 Å². The van der Waals surface area contributed by atoms with E-state index in [1.54, 1.807) is 0 Å². The Balaban J connectivity index is 0.977. The van der Waals surface area contributed by atoms with Crippen molar-refractivity contribution in [2.45, 2.75) is 27.7 Å². The highest BCUT2D eigenvalue weighted by Gasteiger charge is 2.25. The molecule has 358 valence electrons. The van der Waals surface area contributed by atoms with Gasteiger partial charge in [-0.3, -0.25) is 0 Å². The Morgan fingerprint density at radius 2 is 0.653 bits per heavy atom. The van der Waals surface area contributed by atoms with Crippen molar-refractivity contribution in [1.29, 1.82) is 0 Å². The van der Waals surface area contributed by atoms with E-state index in [2.05, 4.69) is 292 Å². The minimum atomic E-state index is 0.861. The molecule has 0 spiro atoms. The molecular formula is C72H54N2O. The van der Waals surface area contributed by atoms with Crippen LogP contribution in [0.15, 0.2) is 259 Å². The summed E-state index contributed by atoms with van der Waals surface area (Å²) >= 11 is 0. The summed E-state index contributed by atoms with van der Waals surface area (Å²) in [6.45, 7) is 8.82. The topological polar surface area (TPSA) is 19.6 Å². The summed E-state index contributed by atoms with van der Waals surface area (Å²) in [5.41, 5.74) is 22.6. The zero-order valence-electron chi connectivity index (χ0n) is 42.6. The van der Waals surface area contributed by atoms with E-state index in [4.69, 9.17) is 4.42 Å². The molecule has 0 radical (unpaired) electrons. The first-order chi connectivity index (χ1) is 36.8. The zero-order valence-corrected chi connectivity index (χ0v) is 42.6. The number of anilines is 6. The van der Waals surface area contributed by atoms with Gasteiger partial charge in [0.2, 0.25) is 0 Å². The second kappa shape index (κ2) is 18.9. The summed E-state index contributed by atoms with van der Waals surface area (Å²) in [4.78, 5) is 4.95. The summed E-state index contributed by atoms with van der Waals surface area (Å²) in [5, 5.41) is 6.72. The number of rotatable bonds is 10. The maximum absolute atomic E-state index is 6.96. The van der Waals surface area contributed by atoms with Crippen LogP contribution in [0.25, 0.3) is 88.0 Å². The molecule has 0 aliphatic heterocycles. The number of furan rings is 1. The van der Waals surface area contributed by atoms with Crippen molar-refractivity contribution >= 4 is 77.6 Å². The smallest absolute Gasteiger partial charge is 0.136 e. The van der Waals surface area contributed by atoms with Gasteiger partial charge < -0.3 is 14.2 Å². The molecule has 1 heterocycles. The first-order valence-corrected chi connectivity index (χ1v) is 25.9. The molecule has 0 N–H and O–H groups in total. The number of benzene rings is 12. The molecule has 0 saturated carbocycles. The molecule has 0 fully saturated rings. The Bertz CT molecular complexity index is 4000. The van der Waals surface area contributed by atoms with Crippen LogP contribution in [0, 0.1) is 27.7 Å². The normalized spacial score (nSPS) is 11.5. The first-order valence-electron chi connectivity index (χ1n) is 25.9. The highest BCUT2D eigenvalue weighted by atomic mass is 16.3. The van der Waals surface area contributed by atoms with Crippen LogP contribution in [0.5, 0.6) is 0 Å². The fourth-order valence-corrected chi connectivity index (χ4v) is 11.3. The Kier molecular flexibility index (Phi) is 11.4. The van der Waals surface area contributed by atoms with Crippen molar-refractivity contribution < 1.29 is 4.42 Å². The van der Waals surface area contributed by atoms with Gasteiger partial charge in [0.25, 0.3) is 0 Å². The molecule has 0 atom stereocenters. The minimum absolute atomic E-state index is 0.861. The molecule has 0 aliphatic carbocycles. The fourth-order valence-electron chi connectivity index (χ4n) is 11.3. The van der Waals surface area contributed by atoms with E-state index in [1.165, 1.54) is 66.8 Å². The summed E-state index contributed by atoms with van der Waals surface area (Å²) in [6.07, 6.45) is 0. The monoisotopic (exact) mass is 962 g/mol. The minimum Gasteiger partial charge on any atom is -0.456 e. The second-order valence-corrected chi connectivity index (χ2v) is 20.0. The van der Waals surface area contributed by atoms with E-state index in [9.17, 15) is 0 Å². The van der Waals surface area contributed by atoms with Gasteiger partial charge in [0.05, 0.1) is 22.7 Å². The maximum Gasteiger partial charge on any atom is 0.136 e. The predicted octanol–water partition coefficient (Wildman–Crippen LogP) is 20.7.